The Labute approximate surface area is 141 Å². The van der Waals surface area contributed by atoms with E-state index in [2.05, 4.69) is 15.5 Å². The lowest BCUT2D eigenvalue weighted by Crippen LogP contribution is -2.37. The van der Waals surface area contributed by atoms with Crippen molar-refractivity contribution < 1.29 is 9.21 Å². The van der Waals surface area contributed by atoms with E-state index in [0.717, 1.165) is 17.7 Å². The highest BCUT2D eigenvalue weighted by molar-refractivity contribution is 7.99. The molecule has 1 saturated carbocycles. The minimum atomic E-state index is 0.0239. The van der Waals surface area contributed by atoms with E-state index >= 15 is 0 Å². The Morgan fingerprint density at radius 2 is 2.18 bits per heavy atom. The first-order valence-corrected chi connectivity index (χ1v) is 9.40. The van der Waals surface area contributed by atoms with Crippen LogP contribution in [0.1, 0.15) is 32.1 Å². The Hall–Kier alpha value is -1.05. The number of hydrogen-bond acceptors (Lipinski definition) is 6. The normalized spacial score (nSPS) is 15.9. The quantitative estimate of drug-likeness (QED) is 0.819. The topological polar surface area (TPSA) is 68.0 Å². The van der Waals surface area contributed by atoms with Crippen LogP contribution in [0.25, 0.3) is 10.8 Å². The first-order valence-electron chi connectivity index (χ1n) is 7.22. The maximum absolute atomic E-state index is 11.9. The Kier molecular flexibility index (Phi) is 5.38. The molecule has 1 amide bonds. The van der Waals surface area contributed by atoms with Gasteiger partial charge >= 0.3 is 0 Å². The van der Waals surface area contributed by atoms with E-state index in [4.69, 9.17) is 16.0 Å². The summed E-state index contributed by atoms with van der Waals surface area (Å²) >= 11 is 8.52. The van der Waals surface area contributed by atoms with Gasteiger partial charge in [-0.25, -0.2) is 0 Å². The lowest BCUT2D eigenvalue weighted by atomic mass is 9.95. The number of carbonyl (C=O) groups excluding carboxylic acids is 1. The van der Waals surface area contributed by atoms with Crippen LogP contribution in [0.4, 0.5) is 0 Å². The van der Waals surface area contributed by atoms with Crippen molar-refractivity contribution in [2.24, 2.45) is 0 Å². The monoisotopic (exact) mass is 357 g/mol. The zero-order valence-corrected chi connectivity index (χ0v) is 14.3. The highest BCUT2D eigenvalue weighted by atomic mass is 35.5. The van der Waals surface area contributed by atoms with Crippen LogP contribution in [0.15, 0.2) is 21.8 Å². The Morgan fingerprint density at radius 1 is 1.36 bits per heavy atom. The second-order valence-corrected chi connectivity index (χ2v) is 7.81. The summed E-state index contributed by atoms with van der Waals surface area (Å²) in [5.41, 5.74) is 0. The van der Waals surface area contributed by atoms with Gasteiger partial charge in [-0.3, -0.25) is 4.79 Å². The fourth-order valence-electron chi connectivity index (χ4n) is 2.44. The minimum absolute atomic E-state index is 0.0239. The van der Waals surface area contributed by atoms with E-state index in [-0.39, 0.29) is 5.91 Å². The van der Waals surface area contributed by atoms with Crippen LogP contribution < -0.4 is 5.32 Å². The number of carbonyl (C=O) groups is 1. The lowest BCUT2D eigenvalue weighted by molar-refractivity contribution is -0.119. The molecular formula is C14H16ClN3O2S2. The molecule has 0 unspecified atom stereocenters. The van der Waals surface area contributed by atoms with Crippen molar-refractivity contribution in [3.8, 4) is 10.8 Å². The number of halogens is 1. The van der Waals surface area contributed by atoms with Crippen LogP contribution >= 0.6 is 34.7 Å². The van der Waals surface area contributed by atoms with Gasteiger partial charge in [0.2, 0.25) is 5.91 Å². The van der Waals surface area contributed by atoms with Crippen molar-refractivity contribution in [3.05, 3.63) is 16.5 Å². The number of nitrogens with zero attached hydrogens (tertiary/aromatic N) is 2. The molecule has 0 aliphatic heterocycles. The van der Waals surface area contributed by atoms with E-state index in [1.54, 1.807) is 6.07 Å². The molecule has 1 fully saturated rings. The van der Waals surface area contributed by atoms with Gasteiger partial charge in [0.1, 0.15) is 0 Å². The molecule has 1 aliphatic rings. The Bertz CT molecular complexity index is 638. The number of rotatable bonds is 5. The summed E-state index contributed by atoms with van der Waals surface area (Å²) in [6.45, 7) is 0. The number of amides is 1. The third kappa shape index (κ3) is 4.24. The van der Waals surface area contributed by atoms with Gasteiger partial charge < -0.3 is 9.73 Å². The summed E-state index contributed by atoms with van der Waals surface area (Å²) in [6, 6.07) is 3.95. The molecule has 2 aromatic rings. The summed E-state index contributed by atoms with van der Waals surface area (Å²) < 4.78 is 6.21. The van der Waals surface area contributed by atoms with Gasteiger partial charge in [0.15, 0.2) is 0 Å². The zero-order chi connectivity index (χ0) is 15.4. The van der Waals surface area contributed by atoms with E-state index in [1.807, 2.05) is 6.07 Å². The Morgan fingerprint density at radius 3 is 2.91 bits per heavy atom. The molecule has 0 atom stereocenters. The Balaban J connectivity index is 1.49. The van der Waals surface area contributed by atoms with Gasteiger partial charge in [0.05, 0.1) is 15.0 Å². The van der Waals surface area contributed by atoms with Crippen LogP contribution in [0.2, 0.25) is 4.34 Å². The summed E-state index contributed by atoms with van der Waals surface area (Å²) in [5, 5.41) is 11.4. The molecular weight excluding hydrogens is 342 g/mol. The average molecular weight is 358 g/mol. The third-order valence-electron chi connectivity index (χ3n) is 3.49. The van der Waals surface area contributed by atoms with Crippen LogP contribution in [0.5, 0.6) is 0 Å². The maximum atomic E-state index is 11.9. The largest absolute Gasteiger partial charge is 0.410 e. The molecule has 22 heavy (non-hydrogen) atoms. The SMILES string of the molecule is O=C(CSc1nnc(-c2ccc(Cl)s2)o1)NC1CCCCC1. The van der Waals surface area contributed by atoms with Crippen molar-refractivity contribution in [3.63, 3.8) is 0 Å². The molecule has 8 heteroatoms. The molecule has 2 heterocycles. The van der Waals surface area contributed by atoms with Crippen molar-refractivity contribution >= 4 is 40.6 Å². The third-order valence-corrected chi connectivity index (χ3v) is 5.53. The van der Waals surface area contributed by atoms with Crippen LogP contribution in [0.3, 0.4) is 0 Å². The highest BCUT2D eigenvalue weighted by Gasteiger charge is 2.17. The van der Waals surface area contributed by atoms with Gasteiger partial charge in [0, 0.05) is 6.04 Å². The predicted molar refractivity (Wildman–Crippen MR) is 88.4 cm³/mol. The first-order chi connectivity index (χ1) is 10.7. The standard InChI is InChI=1S/C14H16ClN3O2S2/c15-11-7-6-10(22-11)13-17-18-14(20-13)21-8-12(19)16-9-4-2-1-3-5-9/h6-7,9H,1-5,8H2,(H,16,19). The zero-order valence-electron chi connectivity index (χ0n) is 11.9. The van der Waals surface area contributed by atoms with Gasteiger partial charge in [-0.15, -0.1) is 21.5 Å². The maximum Gasteiger partial charge on any atom is 0.277 e. The summed E-state index contributed by atoms with van der Waals surface area (Å²) in [5.74, 6) is 0.756. The van der Waals surface area contributed by atoms with Crippen LogP contribution in [0, 0.1) is 0 Å². The molecule has 0 spiro atoms. The summed E-state index contributed by atoms with van der Waals surface area (Å²) in [7, 11) is 0. The molecule has 0 bridgehead atoms. The van der Waals surface area contributed by atoms with Crippen molar-refractivity contribution in [1.29, 1.82) is 0 Å². The second kappa shape index (κ2) is 7.48. The molecule has 118 valence electrons. The molecule has 3 rings (SSSR count). The molecule has 0 saturated heterocycles. The molecule has 5 nitrogen and oxygen atoms in total. The lowest BCUT2D eigenvalue weighted by Gasteiger charge is -2.22. The second-order valence-electron chi connectivity index (χ2n) is 5.17. The molecule has 0 radical (unpaired) electrons. The first kappa shape index (κ1) is 15.8. The van der Waals surface area contributed by atoms with Crippen molar-refractivity contribution in [2.45, 2.75) is 43.4 Å². The molecule has 1 N–H and O–H groups in total. The van der Waals surface area contributed by atoms with E-state index in [9.17, 15) is 4.79 Å². The van der Waals surface area contributed by atoms with Crippen LogP contribution in [-0.4, -0.2) is 27.9 Å². The van der Waals surface area contributed by atoms with Crippen LogP contribution in [-0.2, 0) is 4.79 Å². The van der Waals surface area contributed by atoms with E-state index in [1.165, 1.54) is 42.4 Å². The smallest absolute Gasteiger partial charge is 0.277 e. The summed E-state index contributed by atoms with van der Waals surface area (Å²) in [6.07, 6.45) is 5.85. The summed E-state index contributed by atoms with van der Waals surface area (Å²) in [4.78, 5) is 12.8. The van der Waals surface area contributed by atoms with Gasteiger partial charge in [-0.2, -0.15) is 0 Å². The number of thioether (sulfide) groups is 1. The fourth-order valence-corrected chi connectivity index (χ4v) is 3.98. The van der Waals surface area contributed by atoms with E-state index < -0.39 is 0 Å². The fraction of sp³-hybridized carbons (Fsp3) is 0.500. The number of nitrogens with one attached hydrogen (secondary N) is 1. The highest BCUT2D eigenvalue weighted by Crippen LogP contribution is 2.31. The molecule has 2 aromatic heterocycles. The van der Waals surface area contributed by atoms with Gasteiger partial charge in [-0.05, 0) is 25.0 Å². The number of aromatic nitrogens is 2. The molecule has 0 aromatic carbocycles. The van der Waals surface area contributed by atoms with E-state index in [0.29, 0.717) is 27.2 Å². The van der Waals surface area contributed by atoms with Crippen molar-refractivity contribution in [1.82, 2.24) is 15.5 Å². The van der Waals surface area contributed by atoms with Crippen molar-refractivity contribution in [2.75, 3.05) is 5.75 Å². The van der Waals surface area contributed by atoms with Gasteiger partial charge in [0.25, 0.3) is 11.1 Å². The number of thiophene rings is 1. The minimum Gasteiger partial charge on any atom is -0.410 e. The molecule has 1 aliphatic carbocycles. The predicted octanol–water partition coefficient (Wildman–Crippen LogP) is 3.99. The van der Waals surface area contributed by atoms with Gasteiger partial charge in [-0.1, -0.05) is 42.6 Å². The number of hydrogen-bond donors (Lipinski definition) is 1. The average Bonchev–Trinajstić information content (AvgIpc) is 3.15.